The molecule has 2 heterocycles. The van der Waals surface area contributed by atoms with Crippen LogP contribution < -0.4 is 10.5 Å². The number of fused-ring (bicyclic) bond motifs is 1. The highest BCUT2D eigenvalue weighted by Crippen LogP contribution is 2.32. The highest BCUT2D eigenvalue weighted by Gasteiger charge is 2.28. The molecular formula is C13H9N3O3S. The first-order valence-electron chi connectivity index (χ1n) is 5.63. The number of aromatic nitrogens is 1. The first-order valence-corrected chi connectivity index (χ1v) is 6.45. The fourth-order valence-electron chi connectivity index (χ4n) is 1.85. The zero-order valence-corrected chi connectivity index (χ0v) is 10.9. The molecule has 1 aliphatic heterocycles. The van der Waals surface area contributed by atoms with E-state index in [0.29, 0.717) is 16.2 Å². The van der Waals surface area contributed by atoms with Gasteiger partial charge in [0.2, 0.25) is 17.6 Å². The number of Topliss-reactive ketones (excluding diaryl/α,β-unsaturated/α-hetero) is 1. The zero-order chi connectivity index (χ0) is 14.3. The second kappa shape index (κ2) is 4.46. The summed E-state index contributed by atoms with van der Waals surface area (Å²) in [6.07, 6.45) is 1.37. The summed E-state index contributed by atoms with van der Waals surface area (Å²) >= 11 is 1.03. The number of rotatable bonds is 1. The first-order chi connectivity index (χ1) is 9.56. The lowest BCUT2D eigenvalue weighted by Gasteiger charge is -2.18. The Hall–Kier alpha value is -2.67. The van der Waals surface area contributed by atoms with E-state index in [1.54, 1.807) is 24.3 Å². The van der Waals surface area contributed by atoms with E-state index in [1.807, 2.05) is 0 Å². The van der Waals surface area contributed by atoms with E-state index < -0.39 is 0 Å². The predicted molar refractivity (Wildman–Crippen MR) is 75.3 cm³/mol. The Morgan fingerprint density at radius 1 is 1.40 bits per heavy atom. The van der Waals surface area contributed by atoms with E-state index in [0.717, 1.165) is 11.3 Å². The van der Waals surface area contributed by atoms with Gasteiger partial charge in [-0.2, -0.15) is 4.98 Å². The molecule has 0 saturated heterocycles. The van der Waals surface area contributed by atoms with E-state index in [1.165, 1.54) is 6.08 Å². The normalized spacial score (nSPS) is 16.1. The Bertz CT molecular complexity index is 764. The molecule has 20 heavy (non-hydrogen) atoms. The second-order valence-corrected chi connectivity index (χ2v) is 5.12. The summed E-state index contributed by atoms with van der Waals surface area (Å²) in [7, 11) is 0. The number of ketones is 1. The number of aromatic hydroxyl groups is 1. The van der Waals surface area contributed by atoms with E-state index in [4.69, 9.17) is 15.9 Å². The third kappa shape index (κ3) is 1.94. The van der Waals surface area contributed by atoms with Crippen molar-refractivity contribution in [3.63, 3.8) is 0 Å². The molecule has 0 bridgehead atoms. The number of nitrogens with zero attached hydrogens (tertiary/aromatic N) is 1. The Labute approximate surface area is 117 Å². The minimum absolute atomic E-state index is 0.0580. The number of hydrogen-bond acceptors (Lipinski definition) is 7. The average Bonchev–Trinajstić information content (AvgIpc) is 2.73. The van der Waals surface area contributed by atoms with E-state index in [-0.39, 0.29) is 28.3 Å². The van der Waals surface area contributed by atoms with Crippen LogP contribution in [0.4, 0.5) is 5.13 Å². The fraction of sp³-hybridized carbons (Fsp3) is 0. The topological polar surface area (TPSA) is 109 Å². The van der Waals surface area contributed by atoms with Crippen LogP contribution in [0.2, 0.25) is 0 Å². The van der Waals surface area contributed by atoms with Crippen molar-refractivity contribution in [3.05, 3.63) is 40.3 Å². The van der Waals surface area contributed by atoms with Crippen molar-refractivity contribution in [3.8, 4) is 11.6 Å². The number of ether oxygens (including phenoxy) is 1. The number of anilines is 1. The molecule has 0 spiro atoms. The molecule has 0 fully saturated rings. The molecule has 0 amide bonds. The zero-order valence-electron chi connectivity index (χ0n) is 10.1. The number of nitrogens with one attached hydrogen (secondary N) is 1. The molecule has 0 aliphatic carbocycles. The number of nitrogens with two attached hydrogens (primary N) is 1. The molecule has 1 aromatic carbocycles. The van der Waals surface area contributed by atoms with Crippen molar-refractivity contribution in [1.82, 2.24) is 4.98 Å². The van der Waals surface area contributed by atoms with Gasteiger partial charge in [-0.15, -0.1) is 0 Å². The molecule has 1 aromatic heterocycles. The van der Waals surface area contributed by atoms with Gasteiger partial charge in [-0.25, -0.2) is 0 Å². The van der Waals surface area contributed by atoms with Crippen molar-refractivity contribution in [2.24, 2.45) is 0 Å². The van der Waals surface area contributed by atoms with Gasteiger partial charge in [-0.05, 0) is 18.2 Å². The van der Waals surface area contributed by atoms with Gasteiger partial charge in [0.05, 0.1) is 16.0 Å². The minimum atomic E-state index is -0.330. The summed E-state index contributed by atoms with van der Waals surface area (Å²) in [5, 5.41) is 17.6. The third-order valence-corrected chi connectivity index (χ3v) is 3.58. The van der Waals surface area contributed by atoms with Gasteiger partial charge >= 0.3 is 0 Å². The summed E-state index contributed by atoms with van der Waals surface area (Å²) in [5.74, 6) is -0.504. The van der Waals surface area contributed by atoms with Gasteiger partial charge in [0.15, 0.2) is 5.13 Å². The lowest BCUT2D eigenvalue weighted by molar-refractivity contribution is 0.103. The van der Waals surface area contributed by atoms with Crippen LogP contribution in [0.25, 0.3) is 6.08 Å². The monoisotopic (exact) mass is 287 g/mol. The molecule has 1 aliphatic rings. The van der Waals surface area contributed by atoms with Crippen molar-refractivity contribution >= 4 is 34.2 Å². The van der Waals surface area contributed by atoms with Crippen LogP contribution in [0.5, 0.6) is 11.6 Å². The quantitative estimate of drug-likeness (QED) is 0.695. The maximum absolute atomic E-state index is 12.3. The van der Waals surface area contributed by atoms with Crippen molar-refractivity contribution in [1.29, 1.82) is 5.41 Å². The molecular weight excluding hydrogens is 278 g/mol. The van der Waals surface area contributed by atoms with Gasteiger partial charge in [0.25, 0.3) is 0 Å². The minimum Gasteiger partial charge on any atom is -0.492 e. The van der Waals surface area contributed by atoms with Gasteiger partial charge in [0.1, 0.15) is 5.75 Å². The second-order valence-electron chi connectivity index (χ2n) is 4.05. The SMILES string of the molecule is N=C1Oc2ccccc2C(=O)C1=Cc1sc(N)nc1O. The molecule has 100 valence electrons. The Kier molecular flexibility index (Phi) is 2.76. The first kappa shape index (κ1) is 12.4. The van der Waals surface area contributed by atoms with Crippen LogP contribution in [0.1, 0.15) is 15.2 Å². The summed E-state index contributed by atoms with van der Waals surface area (Å²) in [6.45, 7) is 0. The predicted octanol–water partition coefficient (Wildman–Crippen LogP) is 2.07. The average molecular weight is 287 g/mol. The van der Waals surface area contributed by atoms with Crippen molar-refractivity contribution in [2.75, 3.05) is 5.73 Å². The third-order valence-electron chi connectivity index (χ3n) is 2.76. The summed E-state index contributed by atoms with van der Waals surface area (Å²) in [5.41, 5.74) is 5.92. The number of para-hydroxylation sites is 1. The molecule has 4 N–H and O–H groups in total. The van der Waals surface area contributed by atoms with Crippen molar-refractivity contribution in [2.45, 2.75) is 0 Å². The lowest BCUT2D eigenvalue weighted by atomic mass is 9.99. The maximum atomic E-state index is 12.3. The molecule has 0 unspecified atom stereocenters. The molecule has 0 atom stereocenters. The fourth-order valence-corrected chi connectivity index (χ4v) is 2.52. The molecule has 3 rings (SSSR count). The van der Waals surface area contributed by atoms with Crippen LogP contribution in [-0.2, 0) is 0 Å². The number of nitrogen functional groups attached to an aromatic ring is 1. The maximum Gasteiger partial charge on any atom is 0.231 e. The highest BCUT2D eigenvalue weighted by molar-refractivity contribution is 7.16. The summed E-state index contributed by atoms with van der Waals surface area (Å²) < 4.78 is 5.30. The number of thiazole rings is 1. The Morgan fingerprint density at radius 3 is 2.85 bits per heavy atom. The van der Waals surface area contributed by atoms with Gasteiger partial charge < -0.3 is 15.6 Å². The molecule has 7 heteroatoms. The number of benzene rings is 1. The van der Waals surface area contributed by atoms with Crippen LogP contribution in [0.15, 0.2) is 29.8 Å². The molecule has 0 saturated carbocycles. The van der Waals surface area contributed by atoms with Crippen LogP contribution in [-0.4, -0.2) is 21.8 Å². The smallest absolute Gasteiger partial charge is 0.231 e. The highest BCUT2D eigenvalue weighted by atomic mass is 32.1. The summed E-state index contributed by atoms with van der Waals surface area (Å²) in [6, 6.07) is 6.69. The van der Waals surface area contributed by atoms with E-state index in [2.05, 4.69) is 4.98 Å². The van der Waals surface area contributed by atoms with Crippen molar-refractivity contribution < 1.29 is 14.6 Å². The Morgan fingerprint density at radius 2 is 2.15 bits per heavy atom. The van der Waals surface area contributed by atoms with Gasteiger partial charge in [-0.3, -0.25) is 10.2 Å². The largest absolute Gasteiger partial charge is 0.492 e. The number of hydrogen-bond donors (Lipinski definition) is 3. The summed E-state index contributed by atoms with van der Waals surface area (Å²) in [4.78, 5) is 16.3. The van der Waals surface area contributed by atoms with Crippen LogP contribution in [0, 0.1) is 5.41 Å². The standard InChI is InChI=1S/C13H9N3O3S/c14-11-7(5-9-12(18)16-13(15)20-9)10(17)6-3-1-2-4-8(6)19-11/h1-5,14,18H,(H2,15,16). The van der Waals surface area contributed by atoms with E-state index >= 15 is 0 Å². The van der Waals surface area contributed by atoms with Crippen LogP contribution >= 0.6 is 11.3 Å². The van der Waals surface area contributed by atoms with Gasteiger partial charge in [0, 0.05) is 0 Å². The number of carbonyl (C=O) groups excluding carboxylic acids is 1. The van der Waals surface area contributed by atoms with Crippen LogP contribution in [0.3, 0.4) is 0 Å². The molecule has 2 aromatic rings. The molecule has 0 radical (unpaired) electrons. The number of carbonyl (C=O) groups is 1. The Balaban J connectivity index is 2.09. The van der Waals surface area contributed by atoms with Gasteiger partial charge in [-0.1, -0.05) is 23.5 Å². The lowest BCUT2D eigenvalue weighted by Crippen LogP contribution is -2.24. The molecule has 6 nitrogen and oxygen atoms in total. The van der Waals surface area contributed by atoms with E-state index in [9.17, 15) is 9.90 Å².